The first-order valence-electron chi connectivity index (χ1n) is 8.73. The lowest BCUT2D eigenvalue weighted by Crippen LogP contribution is -2.42. The van der Waals surface area contributed by atoms with Crippen LogP contribution in [0.3, 0.4) is 0 Å². The summed E-state index contributed by atoms with van der Waals surface area (Å²) in [6.07, 6.45) is 1.29. The maximum absolute atomic E-state index is 13.2. The Morgan fingerprint density at radius 2 is 1.60 bits per heavy atom. The molecule has 1 aliphatic heterocycles. The molecule has 0 aliphatic carbocycles. The van der Waals surface area contributed by atoms with E-state index in [1.807, 2.05) is 43.9 Å². The second kappa shape index (κ2) is 6.75. The molecule has 0 spiro atoms. The number of hydrogen-bond acceptors (Lipinski definition) is 2. The summed E-state index contributed by atoms with van der Waals surface area (Å²) in [5, 5.41) is 0. The average molecular weight is 339 g/mol. The molecule has 1 aromatic heterocycles. The summed E-state index contributed by atoms with van der Waals surface area (Å²) < 4.78 is 2.11. The van der Waals surface area contributed by atoms with Gasteiger partial charge in [0, 0.05) is 30.4 Å². The number of amides is 2. The second-order valence-electron chi connectivity index (χ2n) is 6.94. The molecule has 0 radical (unpaired) electrons. The van der Waals surface area contributed by atoms with E-state index in [-0.39, 0.29) is 17.7 Å². The average Bonchev–Trinajstić information content (AvgIpc) is 2.93. The quantitative estimate of drug-likeness (QED) is 0.934. The monoisotopic (exact) mass is 339 g/mol. The summed E-state index contributed by atoms with van der Waals surface area (Å²) in [6, 6.07) is 10.1. The number of aromatic nitrogens is 1. The Hall–Kier alpha value is -2.56. The largest absolute Gasteiger partial charge is 0.369 e. The van der Waals surface area contributed by atoms with Gasteiger partial charge in [0.15, 0.2) is 0 Å². The lowest BCUT2D eigenvalue weighted by atomic mass is 9.95. The second-order valence-corrected chi connectivity index (χ2v) is 6.94. The van der Waals surface area contributed by atoms with E-state index in [0.717, 1.165) is 22.6 Å². The predicted molar refractivity (Wildman–Crippen MR) is 97.8 cm³/mol. The first kappa shape index (κ1) is 17.3. The van der Waals surface area contributed by atoms with E-state index in [4.69, 9.17) is 5.73 Å². The van der Waals surface area contributed by atoms with Crippen molar-refractivity contribution in [2.45, 2.75) is 33.6 Å². The number of aryl methyl sites for hydroxylation is 3. The summed E-state index contributed by atoms with van der Waals surface area (Å²) in [7, 11) is 0. The zero-order chi connectivity index (χ0) is 18.1. The molecule has 5 heteroatoms. The van der Waals surface area contributed by atoms with Gasteiger partial charge in [0.05, 0.1) is 11.3 Å². The van der Waals surface area contributed by atoms with Crippen molar-refractivity contribution in [1.82, 2.24) is 9.47 Å². The van der Waals surface area contributed by atoms with Gasteiger partial charge in [-0.3, -0.25) is 9.59 Å². The molecule has 0 unspecified atom stereocenters. The standard InChI is InChI=1S/C20H25N3O2/c1-13-4-7-18(23-14(2)5-6-15(23)3)17(12-13)20(25)22-10-8-16(9-11-22)19(21)24/h4-7,12,16H,8-11H2,1-3H3,(H2,21,24). The third-order valence-corrected chi connectivity index (χ3v) is 5.08. The van der Waals surface area contributed by atoms with Gasteiger partial charge < -0.3 is 15.2 Å². The molecular weight excluding hydrogens is 314 g/mol. The van der Waals surface area contributed by atoms with Crippen LogP contribution < -0.4 is 5.73 Å². The van der Waals surface area contributed by atoms with Crippen LogP contribution in [0.15, 0.2) is 30.3 Å². The van der Waals surface area contributed by atoms with Crippen LogP contribution in [0.1, 0.15) is 40.2 Å². The first-order valence-corrected chi connectivity index (χ1v) is 8.73. The van der Waals surface area contributed by atoms with Crippen LogP contribution in [-0.2, 0) is 4.79 Å². The number of carbonyl (C=O) groups excluding carboxylic acids is 2. The molecule has 1 fully saturated rings. The number of primary amides is 1. The number of likely N-dealkylation sites (tertiary alicyclic amines) is 1. The Labute approximate surface area is 148 Å². The summed E-state index contributed by atoms with van der Waals surface area (Å²) in [6.45, 7) is 7.22. The highest BCUT2D eigenvalue weighted by molar-refractivity contribution is 5.98. The Morgan fingerprint density at radius 1 is 1.00 bits per heavy atom. The van der Waals surface area contributed by atoms with Gasteiger partial charge in [-0.1, -0.05) is 11.6 Å². The molecule has 3 rings (SSSR count). The van der Waals surface area contributed by atoms with Gasteiger partial charge in [-0.05, 0) is 57.9 Å². The fourth-order valence-electron chi connectivity index (χ4n) is 3.60. The molecule has 1 aromatic carbocycles. The third kappa shape index (κ3) is 3.31. The van der Waals surface area contributed by atoms with E-state index in [1.54, 1.807) is 0 Å². The SMILES string of the molecule is Cc1ccc(-n2c(C)ccc2C)c(C(=O)N2CCC(C(N)=O)CC2)c1. The Kier molecular flexibility index (Phi) is 4.66. The van der Waals surface area contributed by atoms with Gasteiger partial charge in [-0.15, -0.1) is 0 Å². The van der Waals surface area contributed by atoms with Crippen LogP contribution in [0.5, 0.6) is 0 Å². The number of rotatable bonds is 3. The number of nitrogens with zero attached hydrogens (tertiary/aromatic N) is 2. The highest BCUT2D eigenvalue weighted by Crippen LogP contribution is 2.25. The highest BCUT2D eigenvalue weighted by Gasteiger charge is 2.28. The van der Waals surface area contributed by atoms with E-state index in [2.05, 4.69) is 16.7 Å². The van der Waals surface area contributed by atoms with E-state index in [0.29, 0.717) is 31.5 Å². The minimum absolute atomic E-state index is 0.0223. The van der Waals surface area contributed by atoms with Crippen molar-refractivity contribution in [2.24, 2.45) is 11.7 Å². The van der Waals surface area contributed by atoms with Gasteiger partial charge in [0.2, 0.25) is 5.91 Å². The molecule has 1 saturated heterocycles. The Bertz CT molecular complexity index is 795. The van der Waals surface area contributed by atoms with E-state index in [9.17, 15) is 9.59 Å². The predicted octanol–water partition coefficient (Wildman–Crippen LogP) is 2.74. The van der Waals surface area contributed by atoms with Gasteiger partial charge in [0.1, 0.15) is 0 Å². The van der Waals surface area contributed by atoms with Crippen molar-refractivity contribution in [3.63, 3.8) is 0 Å². The smallest absolute Gasteiger partial charge is 0.255 e. The molecule has 132 valence electrons. The maximum atomic E-state index is 13.2. The molecule has 2 heterocycles. The van der Waals surface area contributed by atoms with Crippen LogP contribution in [0.2, 0.25) is 0 Å². The van der Waals surface area contributed by atoms with Crippen molar-refractivity contribution in [1.29, 1.82) is 0 Å². The molecule has 2 aromatic rings. The summed E-state index contributed by atoms with van der Waals surface area (Å²) in [5.41, 5.74) is 10.3. The van der Waals surface area contributed by atoms with Gasteiger partial charge in [-0.25, -0.2) is 0 Å². The number of benzene rings is 1. The molecule has 2 amide bonds. The lowest BCUT2D eigenvalue weighted by Gasteiger charge is -2.31. The molecular formula is C20H25N3O2. The molecule has 2 N–H and O–H groups in total. The van der Waals surface area contributed by atoms with Crippen molar-refractivity contribution >= 4 is 11.8 Å². The summed E-state index contributed by atoms with van der Waals surface area (Å²) in [4.78, 5) is 26.3. The molecule has 25 heavy (non-hydrogen) atoms. The van der Waals surface area contributed by atoms with E-state index < -0.39 is 0 Å². The molecule has 5 nitrogen and oxygen atoms in total. The van der Waals surface area contributed by atoms with Gasteiger partial charge >= 0.3 is 0 Å². The summed E-state index contributed by atoms with van der Waals surface area (Å²) in [5.74, 6) is -0.356. The number of piperidine rings is 1. The molecule has 0 atom stereocenters. The highest BCUT2D eigenvalue weighted by atomic mass is 16.2. The summed E-state index contributed by atoms with van der Waals surface area (Å²) >= 11 is 0. The molecule has 1 aliphatic rings. The normalized spacial score (nSPS) is 15.4. The zero-order valence-corrected chi connectivity index (χ0v) is 15.1. The zero-order valence-electron chi connectivity index (χ0n) is 15.1. The lowest BCUT2D eigenvalue weighted by molar-refractivity contribution is -0.123. The minimum Gasteiger partial charge on any atom is -0.369 e. The number of carbonyl (C=O) groups is 2. The fourth-order valence-corrected chi connectivity index (χ4v) is 3.60. The maximum Gasteiger partial charge on any atom is 0.255 e. The first-order chi connectivity index (χ1) is 11.9. The topological polar surface area (TPSA) is 68.3 Å². The molecule has 0 bridgehead atoms. The van der Waals surface area contributed by atoms with Crippen LogP contribution in [0, 0.1) is 26.7 Å². The fraction of sp³-hybridized carbons (Fsp3) is 0.400. The number of hydrogen-bond donors (Lipinski definition) is 1. The third-order valence-electron chi connectivity index (χ3n) is 5.08. The Morgan fingerprint density at radius 3 is 2.16 bits per heavy atom. The van der Waals surface area contributed by atoms with E-state index >= 15 is 0 Å². The van der Waals surface area contributed by atoms with Crippen LogP contribution >= 0.6 is 0 Å². The van der Waals surface area contributed by atoms with E-state index in [1.165, 1.54) is 0 Å². The minimum atomic E-state index is -0.262. The number of nitrogens with two attached hydrogens (primary N) is 1. The van der Waals surface area contributed by atoms with Gasteiger partial charge in [-0.2, -0.15) is 0 Å². The van der Waals surface area contributed by atoms with Crippen molar-refractivity contribution < 1.29 is 9.59 Å². The Balaban J connectivity index is 1.93. The van der Waals surface area contributed by atoms with Crippen LogP contribution in [0.25, 0.3) is 5.69 Å². The van der Waals surface area contributed by atoms with Crippen molar-refractivity contribution in [3.8, 4) is 5.69 Å². The van der Waals surface area contributed by atoms with Gasteiger partial charge in [0.25, 0.3) is 5.91 Å². The van der Waals surface area contributed by atoms with Crippen molar-refractivity contribution in [3.05, 3.63) is 52.8 Å². The van der Waals surface area contributed by atoms with Crippen LogP contribution in [-0.4, -0.2) is 34.4 Å². The molecule has 0 saturated carbocycles. The van der Waals surface area contributed by atoms with Crippen molar-refractivity contribution in [2.75, 3.05) is 13.1 Å². The van der Waals surface area contributed by atoms with Crippen LogP contribution in [0.4, 0.5) is 0 Å².